The number of nitrogens with zero attached hydrogens (tertiary/aromatic N) is 4. The Morgan fingerprint density at radius 1 is 1.00 bits per heavy atom. The quantitative estimate of drug-likeness (QED) is 0.738. The van der Waals surface area contributed by atoms with Gasteiger partial charge in [-0.1, -0.05) is 13.3 Å². The van der Waals surface area contributed by atoms with Gasteiger partial charge in [-0.3, -0.25) is 4.79 Å². The molecule has 1 N–H and O–H groups in total. The molecule has 1 amide bonds. The van der Waals surface area contributed by atoms with E-state index in [-0.39, 0.29) is 5.91 Å². The molecule has 0 saturated heterocycles. The minimum Gasteiger partial charge on any atom is -0.372 e. The molecule has 140 valence electrons. The molecule has 0 radical (unpaired) electrons. The summed E-state index contributed by atoms with van der Waals surface area (Å²) in [6.45, 7) is 9.10. The van der Waals surface area contributed by atoms with Gasteiger partial charge in [0.15, 0.2) is 11.5 Å². The van der Waals surface area contributed by atoms with Gasteiger partial charge in [-0.2, -0.15) is 0 Å². The van der Waals surface area contributed by atoms with E-state index in [2.05, 4.69) is 53.3 Å². The predicted molar refractivity (Wildman–Crippen MR) is 107 cm³/mol. The van der Waals surface area contributed by atoms with Crippen LogP contribution in [0.5, 0.6) is 0 Å². The Labute approximate surface area is 156 Å². The van der Waals surface area contributed by atoms with Crippen molar-refractivity contribution in [2.24, 2.45) is 0 Å². The summed E-state index contributed by atoms with van der Waals surface area (Å²) in [4.78, 5) is 16.3. The van der Waals surface area contributed by atoms with Crippen molar-refractivity contribution in [3.8, 4) is 0 Å². The normalized spacial score (nSPS) is 10.5. The summed E-state index contributed by atoms with van der Waals surface area (Å²) in [6, 6.07) is 11.7. The number of anilines is 3. The topological polar surface area (TPSA) is 61.4 Å². The first-order valence-corrected chi connectivity index (χ1v) is 9.30. The molecule has 2 rings (SSSR count). The second kappa shape index (κ2) is 9.75. The number of hydrogen-bond acceptors (Lipinski definition) is 5. The maximum atomic E-state index is 12.3. The maximum absolute atomic E-state index is 12.3. The smallest absolute Gasteiger partial charge is 0.274 e. The zero-order valence-corrected chi connectivity index (χ0v) is 16.2. The van der Waals surface area contributed by atoms with Crippen molar-refractivity contribution in [2.45, 2.75) is 33.6 Å². The minimum atomic E-state index is -0.0962. The van der Waals surface area contributed by atoms with Gasteiger partial charge in [-0.05, 0) is 56.7 Å². The third-order valence-electron chi connectivity index (χ3n) is 4.35. The number of nitrogens with one attached hydrogen (secondary N) is 1. The van der Waals surface area contributed by atoms with Crippen LogP contribution in [0.3, 0.4) is 0 Å². The molecule has 0 aliphatic rings. The molecule has 0 spiro atoms. The summed E-state index contributed by atoms with van der Waals surface area (Å²) < 4.78 is 0. The van der Waals surface area contributed by atoms with Crippen LogP contribution < -0.4 is 10.2 Å². The fourth-order valence-corrected chi connectivity index (χ4v) is 2.70. The van der Waals surface area contributed by atoms with E-state index in [4.69, 9.17) is 0 Å². The molecule has 0 aliphatic heterocycles. The highest BCUT2D eigenvalue weighted by atomic mass is 16.2. The van der Waals surface area contributed by atoms with Crippen molar-refractivity contribution < 1.29 is 4.79 Å². The second-order valence-corrected chi connectivity index (χ2v) is 6.23. The van der Waals surface area contributed by atoms with Gasteiger partial charge < -0.3 is 15.1 Å². The van der Waals surface area contributed by atoms with Crippen LogP contribution >= 0.6 is 0 Å². The van der Waals surface area contributed by atoms with Crippen molar-refractivity contribution in [1.82, 2.24) is 15.1 Å². The predicted octanol–water partition coefficient (Wildman–Crippen LogP) is 3.94. The summed E-state index contributed by atoms with van der Waals surface area (Å²) in [5.41, 5.74) is 2.50. The summed E-state index contributed by atoms with van der Waals surface area (Å²) in [6.07, 6.45) is 2.04. The van der Waals surface area contributed by atoms with Crippen LogP contribution in [0.25, 0.3) is 0 Å². The first-order valence-electron chi connectivity index (χ1n) is 9.30. The molecule has 0 fully saturated rings. The van der Waals surface area contributed by atoms with Crippen molar-refractivity contribution in [1.29, 1.82) is 0 Å². The van der Waals surface area contributed by atoms with E-state index in [9.17, 15) is 4.79 Å². The molecular formula is C20H29N5O. The number of amides is 1. The van der Waals surface area contributed by atoms with E-state index >= 15 is 0 Å². The van der Waals surface area contributed by atoms with E-state index in [1.165, 1.54) is 5.69 Å². The third-order valence-corrected chi connectivity index (χ3v) is 4.35. The minimum absolute atomic E-state index is 0.0962. The van der Waals surface area contributed by atoms with Crippen LogP contribution in [0.2, 0.25) is 0 Å². The average molecular weight is 355 g/mol. The molecular weight excluding hydrogens is 326 g/mol. The van der Waals surface area contributed by atoms with E-state index < -0.39 is 0 Å². The molecule has 6 nitrogen and oxygen atoms in total. The van der Waals surface area contributed by atoms with Crippen LogP contribution in [-0.2, 0) is 0 Å². The zero-order valence-electron chi connectivity index (χ0n) is 16.2. The molecule has 0 aliphatic carbocycles. The Hall–Kier alpha value is -2.63. The fraction of sp³-hybridized carbons (Fsp3) is 0.450. The highest BCUT2D eigenvalue weighted by Gasteiger charge is 2.13. The van der Waals surface area contributed by atoms with E-state index in [1.807, 2.05) is 12.1 Å². The van der Waals surface area contributed by atoms with Gasteiger partial charge in [0.1, 0.15) is 0 Å². The standard InChI is InChI=1S/C20H29N5O/c1-5-8-15-24(4)20(26)18-13-14-19(23-22-18)21-16-9-11-17(12-10-16)25(6-2)7-3/h9-14H,5-8,15H2,1-4H3,(H,21,23). The van der Waals surface area contributed by atoms with Gasteiger partial charge in [-0.25, -0.2) is 0 Å². The first-order chi connectivity index (χ1) is 12.6. The molecule has 1 aromatic heterocycles. The lowest BCUT2D eigenvalue weighted by Gasteiger charge is -2.21. The zero-order chi connectivity index (χ0) is 18.9. The lowest BCUT2D eigenvalue weighted by Crippen LogP contribution is -2.28. The highest BCUT2D eigenvalue weighted by molar-refractivity contribution is 5.92. The first kappa shape index (κ1) is 19.7. The Morgan fingerprint density at radius 2 is 1.69 bits per heavy atom. The SMILES string of the molecule is CCCCN(C)C(=O)c1ccc(Nc2ccc(N(CC)CC)cc2)nn1. The number of benzene rings is 1. The van der Waals surface area contributed by atoms with Crippen LogP contribution in [0.1, 0.15) is 44.1 Å². The van der Waals surface area contributed by atoms with Gasteiger partial charge in [0.2, 0.25) is 0 Å². The lowest BCUT2D eigenvalue weighted by atomic mass is 10.2. The van der Waals surface area contributed by atoms with Crippen LogP contribution in [0, 0.1) is 0 Å². The third kappa shape index (κ3) is 5.18. The molecule has 0 atom stereocenters. The number of rotatable bonds is 9. The summed E-state index contributed by atoms with van der Waals surface area (Å²) in [7, 11) is 1.79. The molecule has 0 bridgehead atoms. The van der Waals surface area contributed by atoms with Gasteiger partial charge in [0, 0.05) is 38.1 Å². The Balaban J connectivity index is 1.99. The molecule has 0 saturated carbocycles. The average Bonchev–Trinajstić information content (AvgIpc) is 2.68. The van der Waals surface area contributed by atoms with Crippen LogP contribution in [0.4, 0.5) is 17.2 Å². The molecule has 1 heterocycles. The molecule has 26 heavy (non-hydrogen) atoms. The van der Waals surface area contributed by atoms with Gasteiger partial charge in [-0.15, -0.1) is 10.2 Å². The number of hydrogen-bond donors (Lipinski definition) is 1. The number of carbonyl (C=O) groups excluding carboxylic acids is 1. The van der Waals surface area contributed by atoms with Gasteiger partial charge in [0.05, 0.1) is 0 Å². The van der Waals surface area contributed by atoms with Crippen molar-refractivity contribution in [2.75, 3.05) is 36.9 Å². The number of unbranched alkanes of at least 4 members (excludes halogenated alkanes) is 1. The monoisotopic (exact) mass is 355 g/mol. The second-order valence-electron chi connectivity index (χ2n) is 6.23. The van der Waals surface area contributed by atoms with Crippen molar-refractivity contribution in [3.63, 3.8) is 0 Å². The molecule has 1 aromatic carbocycles. The van der Waals surface area contributed by atoms with E-state index in [1.54, 1.807) is 24.1 Å². The molecule has 0 unspecified atom stereocenters. The summed E-state index contributed by atoms with van der Waals surface area (Å²) >= 11 is 0. The van der Waals surface area contributed by atoms with Gasteiger partial charge in [0.25, 0.3) is 5.91 Å². The molecule has 2 aromatic rings. The number of aromatic nitrogens is 2. The maximum Gasteiger partial charge on any atom is 0.274 e. The number of carbonyl (C=O) groups is 1. The Morgan fingerprint density at radius 3 is 2.23 bits per heavy atom. The Kier molecular flexibility index (Phi) is 7.38. The largest absolute Gasteiger partial charge is 0.372 e. The van der Waals surface area contributed by atoms with Crippen LogP contribution in [0.15, 0.2) is 36.4 Å². The highest BCUT2D eigenvalue weighted by Crippen LogP contribution is 2.20. The Bertz CT molecular complexity index is 680. The van der Waals surface area contributed by atoms with E-state index in [0.29, 0.717) is 11.5 Å². The van der Waals surface area contributed by atoms with Crippen molar-refractivity contribution >= 4 is 23.1 Å². The van der Waals surface area contributed by atoms with Crippen molar-refractivity contribution in [3.05, 3.63) is 42.1 Å². The summed E-state index contributed by atoms with van der Waals surface area (Å²) in [5, 5.41) is 11.4. The van der Waals surface area contributed by atoms with Crippen LogP contribution in [-0.4, -0.2) is 47.7 Å². The fourth-order valence-electron chi connectivity index (χ4n) is 2.70. The molecule has 6 heteroatoms. The van der Waals surface area contributed by atoms with E-state index in [0.717, 1.165) is 38.2 Å². The lowest BCUT2D eigenvalue weighted by molar-refractivity contribution is 0.0786. The summed E-state index contributed by atoms with van der Waals surface area (Å²) in [5.74, 6) is 0.523. The van der Waals surface area contributed by atoms with Gasteiger partial charge >= 0.3 is 0 Å².